The van der Waals surface area contributed by atoms with E-state index in [1.807, 2.05) is 32.0 Å². The first-order chi connectivity index (χ1) is 15.9. The van der Waals surface area contributed by atoms with Gasteiger partial charge in [-0.25, -0.2) is 8.96 Å². The van der Waals surface area contributed by atoms with Crippen molar-refractivity contribution in [2.24, 2.45) is 5.73 Å². The van der Waals surface area contributed by atoms with Gasteiger partial charge in [0.1, 0.15) is 22.4 Å². The van der Waals surface area contributed by atoms with E-state index in [1.54, 1.807) is 0 Å². The summed E-state index contributed by atoms with van der Waals surface area (Å²) in [7, 11) is -4.66. The van der Waals surface area contributed by atoms with Crippen molar-refractivity contribution in [1.29, 1.82) is 0 Å². The number of aromatic nitrogens is 2. The molecule has 9 nitrogen and oxygen atoms in total. The van der Waals surface area contributed by atoms with E-state index in [0.29, 0.717) is 21.3 Å². The summed E-state index contributed by atoms with van der Waals surface area (Å²) in [6.45, 7) is 3.16. The predicted molar refractivity (Wildman–Crippen MR) is 131 cm³/mol. The maximum absolute atomic E-state index is 14.6. The molecular formula is C20H21BrClFN3O6PS. The molecule has 3 aromatic rings. The van der Waals surface area contributed by atoms with Crippen molar-refractivity contribution in [2.45, 2.75) is 26.0 Å². The lowest BCUT2D eigenvalue weighted by Gasteiger charge is -2.15. The van der Waals surface area contributed by atoms with E-state index in [-0.39, 0.29) is 23.5 Å². The summed E-state index contributed by atoms with van der Waals surface area (Å²) in [5.41, 5.74) is 6.80. The number of halogens is 3. The summed E-state index contributed by atoms with van der Waals surface area (Å²) in [5.74, 6) is -0.177. The molecule has 14 heteroatoms. The molecule has 0 spiro atoms. The Morgan fingerprint density at radius 1 is 1.18 bits per heavy atom. The predicted octanol–water partition coefficient (Wildman–Crippen LogP) is 5.03. The Balaban J connectivity index is 1.73. The van der Waals surface area contributed by atoms with Crippen molar-refractivity contribution < 1.29 is 32.7 Å². The van der Waals surface area contributed by atoms with Gasteiger partial charge >= 0.3 is 7.82 Å². The maximum atomic E-state index is 14.6. The highest BCUT2D eigenvalue weighted by molar-refractivity contribution is 9.10. The molecule has 0 saturated carbocycles. The van der Waals surface area contributed by atoms with Crippen LogP contribution in [-0.4, -0.2) is 45.3 Å². The van der Waals surface area contributed by atoms with Gasteiger partial charge in [-0.05, 0) is 54.0 Å². The van der Waals surface area contributed by atoms with Crippen LogP contribution in [0.15, 0.2) is 34.8 Å². The number of nitrogens with two attached hydrogens (primary N) is 1. The molecule has 0 fully saturated rings. The van der Waals surface area contributed by atoms with Gasteiger partial charge in [0.2, 0.25) is 0 Å². The third kappa shape index (κ3) is 7.43. The molecule has 0 radical (unpaired) electrons. The minimum Gasteiger partial charge on any atom is -0.490 e. The number of ether oxygens (including phenoxy) is 2. The van der Waals surface area contributed by atoms with Gasteiger partial charge in [0.15, 0.2) is 11.6 Å². The molecule has 4 N–H and O–H groups in total. The number of rotatable bonds is 10. The zero-order chi connectivity index (χ0) is 25.0. The summed E-state index contributed by atoms with van der Waals surface area (Å²) in [6, 6.07) is 7.10. The van der Waals surface area contributed by atoms with Crippen LogP contribution in [0.1, 0.15) is 13.8 Å². The minimum absolute atomic E-state index is 0.0306. The van der Waals surface area contributed by atoms with Crippen LogP contribution in [0, 0.1) is 5.82 Å². The molecule has 0 unspecified atom stereocenters. The number of phosphoric ester groups is 1. The zero-order valence-electron chi connectivity index (χ0n) is 17.9. The van der Waals surface area contributed by atoms with Crippen molar-refractivity contribution in [3.63, 3.8) is 0 Å². The first-order valence-electron chi connectivity index (χ1n) is 9.81. The number of phosphoric acid groups is 1. The van der Waals surface area contributed by atoms with Crippen molar-refractivity contribution in [3.8, 4) is 32.6 Å². The van der Waals surface area contributed by atoms with Gasteiger partial charge < -0.3 is 25.0 Å². The number of nitrogens with zero attached hydrogens (tertiary/aromatic N) is 2. The fraction of sp³-hybridized carbons (Fsp3) is 0.300. The second kappa shape index (κ2) is 11.4. The Bertz CT molecular complexity index is 1210. The Labute approximate surface area is 212 Å². The summed E-state index contributed by atoms with van der Waals surface area (Å²) >= 11 is 11.1. The van der Waals surface area contributed by atoms with E-state index in [1.165, 1.54) is 23.5 Å². The second-order valence-electron chi connectivity index (χ2n) is 7.34. The Morgan fingerprint density at radius 2 is 1.88 bits per heavy atom. The van der Waals surface area contributed by atoms with Gasteiger partial charge in [-0.1, -0.05) is 22.9 Å². The molecule has 0 saturated heterocycles. The third-order valence-electron chi connectivity index (χ3n) is 4.13. The van der Waals surface area contributed by atoms with Gasteiger partial charge in [-0.3, -0.25) is 4.52 Å². The van der Waals surface area contributed by atoms with Crippen molar-refractivity contribution in [1.82, 2.24) is 10.2 Å². The van der Waals surface area contributed by atoms with Gasteiger partial charge in [0, 0.05) is 17.2 Å². The largest absolute Gasteiger partial charge is 0.490 e. The standard InChI is InChI=1S/C20H21BrClFN3O6PS/c1-10(2)32-17-4-3-11(5-14(17)21)19-25-26-20(34-19)13-6-16(23)18(7-15(13)22)30-8-12(24)9-31-33(27,28)29/h3-7,10,12H,8-9,24H2,1-2H3,(H2,27,28,29)/t12-/m1/s1. The monoisotopic (exact) mass is 595 g/mol. The molecule has 1 atom stereocenters. The molecule has 184 valence electrons. The quantitative estimate of drug-likeness (QED) is 0.275. The Kier molecular flexibility index (Phi) is 9.04. The topological polar surface area (TPSA) is 137 Å². The first-order valence-corrected chi connectivity index (χ1v) is 13.3. The van der Waals surface area contributed by atoms with Gasteiger partial charge in [-0.2, -0.15) is 0 Å². The molecule has 1 heterocycles. The van der Waals surface area contributed by atoms with Crippen LogP contribution in [0.2, 0.25) is 5.02 Å². The van der Waals surface area contributed by atoms with Crippen LogP contribution in [0.25, 0.3) is 21.1 Å². The fourth-order valence-electron chi connectivity index (χ4n) is 2.67. The third-order valence-corrected chi connectivity index (χ3v) is 6.55. The molecule has 1 aromatic heterocycles. The van der Waals surface area contributed by atoms with Crippen LogP contribution in [0.4, 0.5) is 4.39 Å². The fourth-order valence-corrected chi connectivity index (χ4v) is 4.70. The van der Waals surface area contributed by atoms with Crippen LogP contribution >= 0.6 is 46.7 Å². The average Bonchev–Trinajstić information content (AvgIpc) is 3.23. The van der Waals surface area contributed by atoms with Crippen LogP contribution in [-0.2, 0) is 9.09 Å². The van der Waals surface area contributed by atoms with E-state index >= 15 is 0 Å². The van der Waals surface area contributed by atoms with Gasteiger partial charge in [-0.15, -0.1) is 10.2 Å². The molecular weight excluding hydrogens is 576 g/mol. The average molecular weight is 597 g/mol. The van der Waals surface area contributed by atoms with Crippen molar-refractivity contribution >= 4 is 46.7 Å². The Hall–Kier alpha value is -1.63. The zero-order valence-corrected chi connectivity index (χ0v) is 22.0. The number of hydrogen-bond acceptors (Lipinski definition) is 8. The Morgan fingerprint density at radius 3 is 2.53 bits per heavy atom. The minimum atomic E-state index is -4.66. The summed E-state index contributed by atoms with van der Waals surface area (Å²) in [6.07, 6.45) is 0.0306. The summed E-state index contributed by atoms with van der Waals surface area (Å²) in [4.78, 5) is 17.4. The lowest BCUT2D eigenvalue weighted by Crippen LogP contribution is -2.32. The molecule has 2 aromatic carbocycles. The highest BCUT2D eigenvalue weighted by atomic mass is 79.9. The summed E-state index contributed by atoms with van der Waals surface area (Å²) < 4.78 is 41.4. The molecule has 0 aliphatic rings. The van der Waals surface area contributed by atoms with Crippen molar-refractivity contribution in [2.75, 3.05) is 13.2 Å². The molecule has 0 bridgehead atoms. The van der Waals surface area contributed by atoms with Gasteiger partial charge in [0.25, 0.3) is 0 Å². The highest BCUT2D eigenvalue weighted by Gasteiger charge is 2.19. The molecule has 3 rings (SSSR count). The summed E-state index contributed by atoms with van der Waals surface area (Å²) in [5, 5.41) is 9.53. The van der Waals surface area contributed by atoms with E-state index in [9.17, 15) is 8.96 Å². The SMILES string of the molecule is CC(C)Oc1ccc(-c2nnc(-c3cc(F)c(OC[C@@H](N)COP(=O)(O)O)cc3Cl)s2)cc1Br. The second-order valence-corrected chi connectivity index (χ2v) is 10.8. The normalized spacial score (nSPS) is 12.7. The van der Waals surface area contributed by atoms with Crippen LogP contribution < -0.4 is 15.2 Å². The van der Waals surface area contributed by atoms with E-state index in [0.717, 1.165) is 10.0 Å². The lowest BCUT2D eigenvalue weighted by atomic mass is 10.2. The first kappa shape index (κ1) is 27.0. The lowest BCUT2D eigenvalue weighted by molar-refractivity contribution is 0.164. The number of hydrogen-bond donors (Lipinski definition) is 3. The van der Waals surface area contributed by atoms with E-state index in [4.69, 9.17) is 36.6 Å². The van der Waals surface area contributed by atoms with Crippen LogP contribution in [0.5, 0.6) is 11.5 Å². The molecule has 0 aliphatic carbocycles. The van der Waals surface area contributed by atoms with Crippen LogP contribution in [0.3, 0.4) is 0 Å². The van der Waals surface area contributed by atoms with E-state index in [2.05, 4.69) is 30.7 Å². The van der Waals surface area contributed by atoms with E-state index < -0.39 is 26.3 Å². The van der Waals surface area contributed by atoms with Gasteiger partial charge in [0.05, 0.1) is 28.2 Å². The maximum Gasteiger partial charge on any atom is 0.469 e. The smallest absolute Gasteiger partial charge is 0.469 e. The molecule has 34 heavy (non-hydrogen) atoms. The number of benzene rings is 2. The molecule has 0 aliphatic heterocycles. The highest BCUT2D eigenvalue weighted by Crippen LogP contribution is 2.39. The molecule has 0 amide bonds. The van der Waals surface area contributed by atoms with Crippen molar-refractivity contribution in [3.05, 3.63) is 45.6 Å².